The summed E-state index contributed by atoms with van der Waals surface area (Å²) in [5, 5.41) is 4.12. The van der Waals surface area contributed by atoms with Crippen molar-refractivity contribution in [2.24, 2.45) is 0 Å². The van der Waals surface area contributed by atoms with Crippen LogP contribution >= 0.6 is 11.6 Å². The summed E-state index contributed by atoms with van der Waals surface area (Å²) < 4.78 is 6.87. The summed E-state index contributed by atoms with van der Waals surface area (Å²) >= 11 is 6.18. The summed E-state index contributed by atoms with van der Waals surface area (Å²) in [6.07, 6.45) is 2.32. The second-order valence-electron chi connectivity index (χ2n) is 8.18. The number of fused-ring (bicyclic) bond motifs is 1. The minimum absolute atomic E-state index is 0.132. The molecule has 0 spiro atoms. The molecule has 1 heterocycles. The molecule has 0 aliphatic rings. The zero-order valence-corrected chi connectivity index (χ0v) is 20.1. The zero-order valence-electron chi connectivity index (χ0n) is 19.3. The number of hydrogen-bond acceptors (Lipinski definition) is 3. The van der Waals surface area contributed by atoms with Gasteiger partial charge in [-0.25, -0.2) is 0 Å². The number of anilines is 1. The van der Waals surface area contributed by atoms with E-state index in [0.717, 1.165) is 18.2 Å². The lowest BCUT2D eigenvalue weighted by atomic mass is 10.0. The molecule has 0 bridgehead atoms. The third kappa shape index (κ3) is 5.32. The number of aromatic nitrogens is 1. The first-order valence-electron chi connectivity index (χ1n) is 11.3. The molecule has 6 heteroatoms. The van der Waals surface area contributed by atoms with E-state index in [1.807, 2.05) is 18.2 Å². The lowest BCUT2D eigenvalue weighted by Gasteiger charge is -2.15. The second kappa shape index (κ2) is 10.6. The molecule has 0 atom stereocenters. The summed E-state index contributed by atoms with van der Waals surface area (Å²) in [5.74, 6) is 0.294. The molecule has 0 aliphatic heterocycles. The molecule has 174 valence electrons. The van der Waals surface area contributed by atoms with Crippen LogP contribution in [0.15, 0.2) is 77.6 Å². The molecule has 5 nitrogen and oxygen atoms in total. The van der Waals surface area contributed by atoms with E-state index >= 15 is 0 Å². The smallest absolute Gasteiger partial charge is 0.254 e. The molecule has 3 aromatic carbocycles. The predicted octanol–water partition coefficient (Wildman–Crippen LogP) is 5.65. The van der Waals surface area contributed by atoms with Crippen LogP contribution < -0.4 is 15.6 Å². The van der Waals surface area contributed by atoms with Crippen LogP contribution in [0.1, 0.15) is 23.6 Å². The van der Waals surface area contributed by atoms with Gasteiger partial charge in [0.2, 0.25) is 5.91 Å². The van der Waals surface area contributed by atoms with Crippen LogP contribution in [0.4, 0.5) is 5.69 Å². The maximum Gasteiger partial charge on any atom is 0.254 e. The maximum absolute atomic E-state index is 13.5. The Morgan fingerprint density at radius 3 is 2.41 bits per heavy atom. The number of carbonyl (C=O) groups is 1. The van der Waals surface area contributed by atoms with Gasteiger partial charge in [0.05, 0.1) is 23.3 Å². The fourth-order valence-electron chi connectivity index (χ4n) is 3.99. The van der Waals surface area contributed by atoms with Crippen molar-refractivity contribution in [3.63, 3.8) is 0 Å². The van der Waals surface area contributed by atoms with Crippen LogP contribution in [0, 0.1) is 0 Å². The van der Waals surface area contributed by atoms with E-state index in [9.17, 15) is 9.59 Å². The first-order chi connectivity index (χ1) is 16.5. The third-order valence-corrected chi connectivity index (χ3v) is 6.27. The number of ether oxygens (including phenoxy) is 1. The molecule has 1 N–H and O–H groups in total. The Morgan fingerprint density at radius 1 is 0.971 bits per heavy atom. The molecular formula is C28H27ClN2O3. The Hall–Kier alpha value is -3.57. The van der Waals surface area contributed by atoms with Gasteiger partial charge in [-0.1, -0.05) is 54.9 Å². The second-order valence-corrected chi connectivity index (χ2v) is 8.59. The largest absolute Gasteiger partial charge is 0.497 e. The van der Waals surface area contributed by atoms with Crippen LogP contribution in [0.3, 0.4) is 0 Å². The minimum atomic E-state index is -0.327. The van der Waals surface area contributed by atoms with Crippen molar-refractivity contribution in [3.05, 3.63) is 105 Å². The first kappa shape index (κ1) is 23.6. The molecule has 1 aromatic heterocycles. The van der Waals surface area contributed by atoms with Crippen molar-refractivity contribution in [1.82, 2.24) is 4.57 Å². The molecule has 0 aliphatic carbocycles. The number of aryl methyl sites for hydroxylation is 3. The van der Waals surface area contributed by atoms with E-state index in [0.29, 0.717) is 34.0 Å². The lowest BCUT2D eigenvalue weighted by Crippen LogP contribution is -2.30. The van der Waals surface area contributed by atoms with Gasteiger partial charge in [-0.2, -0.15) is 0 Å². The Morgan fingerprint density at radius 2 is 1.71 bits per heavy atom. The van der Waals surface area contributed by atoms with Gasteiger partial charge in [0.15, 0.2) is 0 Å². The zero-order chi connectivity index (χ0) is 24.1. The number of amides is 1. The summed E-state index contributed by atoms with van der Waals surface area (Å²) in [7, 11) is 1.58. The fourth-order valence-corrected chi connectivity index (χ4v) is 4.17. The number of carbonyl (C=O) groups excluding carboxylic acids is 1. The number of benzene rings is 3. The molecule has 4 rings (SSSR count). The van der Waals surface area contributed by atoms with Gasteiger partial charge in [0.25, 0.3) is 5.56 Å². The molecule has 1 amide bonds. The normalized spacial score (nSPS) is 10.9. The summed E-state index contributed by atoms with van der Waals surface area (Å²) in [6, 6.07) is 23.0. The van der Waals surface area contributed by atoms with Crippen LogP contribution in [0.2, 0.25) is 5.02 Å². The van der Waals surface area contributed by atoms with Gasteiger partial charge >= 0.3 is 0 Å². The van der Waals surface area contributed by atoms with E-state index in [4.69, 9.17) is 16.3 Å². The number of hydrogen-bond donors (Lipinski definition) is 1. The lowest BCUT2D eigenvalue weighted by molar-refractivity contribution is -0.116. The minimum Gasteiger partial charge on any atom is -0.497 e. The summed E-state index contributed by atoms with van der Waals surface area (Å²) in [5.41, 5.74) is 4.11. The van der Waals surface area contributed by atoms with E-state index in [2.05, 4.69) is 36.5 Å². The Balaban J connectivity index is 1.66. The molecule has 0 fully saturated rings. The number of halogens is 1. The molecule has 0 unspecified atom stereocenters. The molecule has 4 aromatic rings. The van der Waals surface area contributed by atoms with Gasteiger partial charge in [-0.05, 0) is 66.1 Å². The molecule has 34 heavy (non-hydrogen) atoms. The Kier molecular flexibility index (Phi) is 7.33. The van der Waals surface area contributed by atoms with Crippen LogP contribution in [0.5, 0.6) is 5.75 Å². The summed E-state index contributed by atoms with van der Waals surface area (Å²) in [6.45, 7) is 2.00. The highest BCUT2D eigenvalue weighted by Crippen LogP contribution is 2.23. The standard InChI is InChI=1S/C28H27ClN2O3/c1-3-19-8-10-20(11-9-19)12-13-22-16-21-14-15-23(34-2)17-26(21)31(28(22)33)18-27(32)30-25-7-5-4-6-24(25)29/h4-11,14-17H,3,12-13,18H2,1-2H3,(H,30,32). The van der Waals surface area contributed by atoms with Gasteiger partial charge in [-0.3, -0.25) is 14.2 Å². The van der Waals surface area contributed by atoms with Gasteiger partial charge in [0.1, 0.15) is 12.3 Å². The monoisotopic (exact) mass is 474 g/mol. The number of nitrogens with zero attached hydrogens (tertiary/aromatic N) is 1. The number of rotatable bonds is 8. The molecule has 0 saturated carbocycles. The van der Waals surface area contributed by atoms with Gasteiger partial charge in [0, 0.05) is 11.6 Å². The average molecular weight is 475 g/mol. The highest BCUT2D eigenvalue weighted by atomic mass is 35.5. The number of para-hydroxylation sites is 1. The van der Waals surface area contributed by atoms with Crippen molar-refractivity contribution >= 4 is 34.1 Å². The molecule has 0 saturated heterocycles. The Bertz CT molecular complexity index is 1380. The Labute approximate surface area is 204 Å². The highest BCUT2D eigenvalue weighted by Gasteiger charge is 2.14. The van der Waals surface area contributed by atoms with Crippen LogP contribution in [-0.2, 0) is 30.6 Å². The van der Waals surface area contributed by atoms with Crippen molar-refractivity contribution in [1.29, 1.82) is 0 Å². The predicted molar refractivity (Wildman–Crippen MR) is 138 cm³/mol. The number of pyridine rings is 1. The van der Waals surface area contributed by atoms with E-state index in [-0.39, 0.29) is 18.0 Å². The molecule has 0 radical (unpaired) electrons. The first-order valence-corrected chi connectivity index (χ1v) is 11.7. The third-order valence-electron chi connectivity index (χ3n) is 5.94. The van der Waals surface area contributed by atoms with E-state index < -0.39 is 0 Å². The van der Waals surface area contributed by atoms with E-state index in [1.54, 1.807) is 37.4 Å². The highest BCUT2D eigenvalue weighted by molar-refractivity contribution is 6.33. The van der Waals surface area contributed by atoms with Crippen molar-refractivity contribution in [2.75, 3.05) is 12.4 Å². The summed E-state index contributed by atoms with van der Waals surface area (Å²) in [4.78, 5) is 26.3. The quantitative estimate of drug-likeness (QED) is 0.359. The van der Waals surface area contributed by atoms with Gasteiger partial charge in [-0.15, -0.1) is 0 Å². The SMILES string of the molecule is CCc1ccc(CCc2cc3ccc(OC)cc3n(CC(=O)Nc3ccccc3Cl)c2=O)cc1. The average Bonchev–Trinajstić information content (AvgIpc) is 2.86. The number of nitrogens with one attached hydrogen (secondary N) is 1. The topological polar surface area (TPSA) is 60.3 Å². The van der Waals surface area contributed by atoms with Crippen molar-refractivity contribution < 1.29 is 9.53 Å². The van der Waals surface area contributed by atoms with Crippen molar-refractivity contribution in [3.8, 4) is 5.75 Å². The maximum atomic E-state index is 13.5. The van der Waals surface area contributed by atoms with Crippen LogP contribution in [-0.4, -0.2) is 17.6 Å². The fraction of sp³-hybridized carbons (Fsp3) is 0.214. The number of methoxy groups -OCH3 is 1. The van der Waals surface area contributed by atoms with Gasteiger partial charge < -0.3 is 10.1 Å². The molecular weight excluding hydrogens is 448 g/mol. The van der Waals surface area contributed by atoms with Crippen LogP contribution in [0.25, 0.3) is 10.9 Å². The van der Waals surface area contributed by atoms with Crippen molar-refractivity contribution in [2.45, 2.75) is 32.7 Å². The van der Waals surface area contributed by atoms with E-state index in [1.165, 1.54) is 15.7 Å².